The third-order valence-corrected chi connectivity index (χ3v) is 4.35. The summed E-state index contributed by atoms with van der Waals surface area (Å²) in [4.78, 5) is -0.373. The lowest BCUT2D eigenvalue weighted by atomic mass is 10.3. The molecule has 112 valence electrons. The van der Waals surface area contributed by atoms with Crippen molar-refractivity contribution in [2.24, 2.45) is 0 Å². The van der Waals surface area contributed by atoms with Gasteiger partial charge in [-0.25, -0.2) is 21.6 Å². The van der Waals surface area contributed by atoms with Gasteiger partial charge in [-0.05, 0) is 18.2 Å². The van der Waals surface area contributed by atoms with E-state index < -0.39 is 33.2 Å². The first-order valence-electron chi connectivity index (χ1n) is 5.43. The molecule has 0 fully saturated rings. The Bertz CT molecular complexity index is 812. The van der Waals surface area contributed by atoms with Crippen LogP contribution in [0.15, 0.2) is 35.2 Å². The summed E-state index contributed by atoms with van der Waals surface area (Å²) in [6.07, 6.45) is 0. The van der Waals surface area contributed by atoms with E-state index in [1.807, 2.05) is 0 Å². The Kier molecular flexibility index (Phi) is 4.02. The van der Waals surface area contributed by atoms with E-state index in [0.29, 0.717) is 6.07 Å². The highest BCUT2D eigenvalue weighted by Crippen LogP contribution is 2.27. The molecule has 0 saturated heterocycles. The Hall–Kier alpha value is -1.93. The van der Waals surface area contributed by atoms with Gasteiger partial charge in [0.1, 0.15) is 10.7 Å². The molecule has 0 saturated carbocycles. The molecule has 4 nitrogen and oxygen atoms in total. The lowest BCUT2D eigenvalue weighted by Gasteiger charge is -2.11. The van der Waals surface area contributed by atoms with Gasteiger partial charge in [-0.3, -0.25) is 4.72 Å². The van der Waals surface area contributed by atoms with Crippen LogP contribution in [-0.2, 0) is 10.0 Å². The van der Waals surface area contributed by atoms with Crippen molar-refractivity contribution >= 4 is 33.0 Å². The average Bonchev–Trinajstić information content (AvgIpc) is 2.35. The van der Waals surface area contributed by atoms with Gasteiger partial charge in [-0.2, -0.15) is 0 Å². The standard InChI is InChI=1S/C12H8ClF3N2O2S/c13-7-3-6(17)1-2-12(7)21(19,20)18-11-5-9(15)8(14)4-10(11)16/h1-5,18H,17H2. The lowest BCUT2D eigenvalue weighted by Crippen LogP contribution is -2.15. The van der Waals surface area contributed by atoms with Gasteiger partial charge in [0.15, 0.2) is 11.6 Å². The maximum atomic E-state index is 13.5. The molecule has 9 heteroatoms. The quantitative estimate of drug-likeness (QED) is 0.668. The Morgan fingerprint density at radius 1 is 1.00 bits per heavy atom. The number of rotatable bonds is 3. The zero-order valence-corrected chi connectivity index (χ0v) is 11.8. The second-order valence-electron chi connectivity index (χ2n) is 4.04. The van der Waals surface area contributed by atoms with Gasteiger partial charge >= 0.3 is 0 Å². The van der Waals surface area contributed by atoms with Gasteiger partial charge in [0.2, 0.25) is 0 Å². The van der Waals surface area contributed by atoms with Gasteiger partial charge in [0.25, 0.3) is 10.0 Å². The Morgan fingerprint density at radius 3 is 2.24 bits per heavy atom. The maximum absolute atomic E-state index is 13.5. The fourth-order valence-electron chi connectivity index (χ4n) is 1.54. The van der Waals surface area contributed by atoms with Crippen LogP contribution < -0.4 is 10.5 Å². The molecule has 0 aliphatic heterocycles. The third kappa shape index (κ3) is 3.22. The van der Waals surface area contributed by atoms with Crippen molar-refractivity contribution in [3.63, 3.8) is 0 Å². The fraction of sp³-hybridized carbons (Fsp3) is 0. The van der Waals surface area contributed by atoms with Crippen molar-refractivity contribution in [1.82, 2.24) is 0 Å². The van der Waals surface area contributed by atoms with Crippen molar-refractivity contribution < 1.29 is 21.6 Å². The number of anilines is 2. The molecule has 3 N–H and O–H groups in total. The zero-order valence-electron chi connectivity index (χ0n) is 10.2. The molecule has 0 aromatic heterocycles. The summed E-state index contributed by atoms with van der Waals surface area (Å²) in [5.41, 5.74) is 4.93. The van der Waals surface area contributed by atoms with Crippen LogP contribution >= 0.6 is 11.6 Å². The van der Waals surface area contributed by atoms with Gasteiger partial charge in [0.05, 0.1) is 10.7 Å². The molecule has 0 unspecified atom stereocenters. The predicted octanol–water partition coefficient (Wildman–Crippen LogP) is 3.14. The summed E-state index contributed by atoms with van der Waals surface area (Å²) in [5, 5.41) is -0.189. The van der Waals surface area contributed by atoms with Crippen LogP contribution in [0.3, 0.4) is 0 Å². The van der Waals surface area contributed by atoms with Crippen LogP contribution in [0.5, 0.6) is 0 Å². The van der Waals surface area contributed by atoms with E-state index in [-0.39, 0.29) is 21.7 Å². The van der Waals surface area contributed by atoms with Crippen LogP contribution in [0, 0.1) is 17.5 Å². The molecule has 2 aromatic rings. The van der Waals surface area contributed by atoms with Crippen molar-refractivity contribution in [2.75, 3.05) is 10.5 Å². The molecular weight excluding hydrogens is 329 g/mol. The zero-order chi connectivity index (χ0) is 15.8. The van der Waals surface area contributed by atoms with Crippen LogP contribution in [0.2, 0.25) is 5.02 Å². The molecule has 0 heterocycles. The summed E-state index contributed by atoms with van der Waals surface area (Å²) in [7, 11) is -4.28. The van der Waals surface area contributed by atoms with Crippen LogP contribution in [0.25, 0.3) is 0 Å². The molecule has 2 aromatic carbocycles. The minimum absolute atomic E-state index is 0.189. The van der Waals surface area contributed by atoms with E-state index >= 15 is 0 Å². The number of nitrogens with one attached hydrogen (secondary N) is 1. The molecular formula is C12H8ClF3N2O2S. The van der Waals surface area contributed by atoms with E-state index in [1.165, 1.54) is 12.1 Å². The SMILES string of the molecule is Nc1ccc(S(=O)(=O)Nc2cc(F)c(F)cc2F)c(Cl)c1. The van der Waals surface area contributed by atoms with Crippen LogP contribution in [0.4, 0.5) is 24.5 Å². The van der Waals surface area contributed by atoms with E-state index in [1.54, 1.807) is 4.72 Å². The van der Waals surface area contributed by atoms with Gasteiger partial charge in [-0.1, -0.05) is 11.6 Å². The molecule has 0 spiro atoms. The van der Waals surface area contributed by atoms with E-state index in [0.717, 1.165) is 6.07 Å². The van der Waals surface area contributed by atoms with Gasteiger partial charge in [-0.15, -0.1) is 0 Å². The van der Waals surface area contributed by atoms with Crippen LogP contribution in [-0.4, -0.2) is 8.42 Å². The summed E-state index contributed by atoms with van der Waals surface area (Å²) in [6, 6.07) is 4.21. The first kappa shape index (κ1) is 15.5. The van der Waals surface area contributed by atoms with E-state index in [9.17, 15) is 21.6 Å². The Labute approximate surface area is 123 Å². The van der Waals surface area contributed by atoms with Crippen molar-refractivity contribution in [1.29, 1.82) is 0 Å². The number of hydrogen-bond donors (Lipinski definition) is 2. The normalized spacial score (nSPS) is 11.4. The van der Waals surface area contributed by atoms with Crippen molar-refractivity contribution in [2.45, 2.75) is 4.90 Å². The minimum atomic E-state index is -4.28. The van der Waals surface area contributed by atoms with Crippen molar-refractivity contribution in [3.05, 3.63) is 52.8 Å². The number of benzene rings is 2. The third-order valence-electron chi connectivity index (χ3n) is 2.50. The first-order chi connectivity index (χ1) is 9.70. The minimum Gasteiger partial charge on any atom is -0.399 e. The lowest BCUT2D eigenvalue weighted by molar-refractivity contribution is 0.496. The van der Waals surface area contributed by atoms with Crippen LogP contribution in [0.1, 0.15) is 0 Å². The van der Waals surface area contributed by atoms with E-state index in [2.05, 4.69) is 0 Å². The highest BCUT2D eigenvalue weighted by molar-refractivity contribution is 7.92. The van der Waals surface area contributed by atoms with E-state index in [4.69, 9.17) is 17.3 Å². The maximum Gasteiger partial charge on any atom is 0.263 e. The second-order valence-corrected chi connectivity index (χ2v) is 6.10. The second kappa shape index (κ2) is 5.45. The smallest absolute Gasteiger partial charge is 0.263 e. The van der Waals surface area contributed by atoms with Gasteiger partial charge < -0.3 is 5.73 Å². The molecule has 2 rings (SSSR count). The number of sulfonamides is 1. The monoisotopic (exact) mass is 336 g/mol. The molecule has 0 amide bonds. The highest BCUT2D eigenvalue weighted by Gasteiger charge is 2.21. The molecule has 0 atom stereocenters. The summed E-state index contributed by atoms with van der Waals surface area (Å²) >= 11 is 5.75. The number of nitrogens with two attached hydrogens (primary N) is 1. The summed E-state index contributed by atoms with van der Waals surface area (Å²) in [5.74, 6) is -4.08. The number of nitrogen functional groups attached to an aromatic ring is 1. The number of halogens is 4. The molecule has 0 aliphatic carbocycles. The average molecular weight is 337 g/mol. The largest absolute Gasteiger partial charge is 0.399 e. The Balaban J connectivity index is 2.45. The predicted molar refractivity (Wildman–Crippen MR) is 73.0 cm³/mol. The molecule has 0 bridgehead atoms. The topological polar surface area (TPSA) is 72.2 Å². The van der Waals surface area contributed by atoms with Gasteiger partial charge in [0, 0.05) is 17.8 Å². The van der Waals surface area contributed by atoms with Crippen molar-refractivity contribution in [3.8, 4) is 0 Å². The molecule has 21 heavy (non-hydrogen) atoms. The fourth-order valence-corrected chi connectivity index (χ4v) is 3.15. The number of hydrogen-bond acceptors (Lipinski definition) is 3. The first-order valence-corrected chi connectivity index (χ1v) is 7.29. The molecule has 0 radical (unpaired) electrons. The Morgan fingerprint density at radius 2 is 1.62 bits per heavy atom. The molecule has 0 aliphatic rings. The summed E-state index contributed by atoms with van der Waals surface area (Å²) in [6.45, 7) is 0. The highest BCUT2D eigenvalue weighted by atomic mass is 35.5. The summed E-state index contributed by atoms with van der Waals surface area (Å²) < 4.78 is 65.2.